The largest absolute Gasteiger partial charge is 0.493 e. The second-order valence-corrected chi connectivity index (χ2v) is 6.90. The number of methoxy groups -OCH3 is 1. The van der Waals surface area contributed by atoms with Crippen LogP contribution in [0.4, 0.5) is 10.1 Å². The van der Waals surface area contributed by atoms with Gasteiger partial charge in [-0.15, -0.1) is 0 Å². The lowest BCUT2D eigenvalue weighted by molar-refractivity contribution is 0.102. The highest BCUT2D eigenvalue weighted by Crippen LogP contribution is 2.34. The normalized spacial score (nSPS) is 14.3. The molecule has 0 radical (unpaired) electrons. The number of anilines is 1. The summed E-state index contributed by atoms with van der Waals surface area (Å²) in [6.07, 6.45) is 4.43. The second-order valence-electron chi connectivity index (χ2n) is 6.09. The van der Waals surface area contributed by atoms with Crippen molar-refractivity contribution in [1.82, 2.24) is 0 Å². The van der Waals surface area contributed by atoms with E-state index in [1.54, 1.807) is 25.3 Å². The quantitative estimate of drug-likeness (QED) is 0.656. The molecule has 0 heterocycles. The summed E-state index contributed by atoms with van der Waals surface area (Å²) in [6.45, 7) is 0. The molecule has 1 saturated carbocycles. The Labute approximate surface area is 161 Å². The number of hydrogen-bond donors (Lipinski definition) is 1. The summed E-state index contributed by atoms with van der Waals surface area (Å²) < 4.78 is 25.0. The fraction of sp³-hybridized carbons (Fsp3) is 0.316. The average Bonchev–Trinajstić information content (AvgIpc) is 3.11. The number of ether oxygens (including phenoxy) is 2. The molecule has 0 aromatic heterocycles. The van der Waals surface area contributed by atoms with Crippen molar-refractivity contribution in [2.75, 3.05) is 12.4 Å². The van der Waals surface area contributed by atoms with Crippen molar-refractivity contribution in [3.8, 4) is 11.5 Å². The summed E-state index contributed by atoms with van der Waals surface area (Å²) in [4.78, 5) is 12.4. The van der Waals surface area contributed by atoms with Crippen molar-refractivity contribution < 1.29 is 18.7 Å². The van der Waals surface area contributed by atoms with E-state index in [9.17, 15) is 9.18 Å². The van der Waals surface area contributed by atoms with E-state index in [0.29, 0.717) is 17.2 Å². The molecule has 138 valence electrons. The zero-order valence-corrected chi connectivity index (χ0v) is 15.7. The summed E-state index contributed by atoms with van der Waals surface area (Å²) in [5, 5.41) is 2.63. The van der Waals surface area contributed by atoms with Crippen molar-refractivity contribution >= 4 is 34.8 Å². The van der Waals surface area contributed by atoms with Crippen LogP contribution in [0.5, 0.6) is 11.5 Å². The van der Waals surface area contributed by atoms with E-state index in [0.717, 1.165) is 31.7 Å². The Morgan fingerprint density at radius 3 is 2.54 bits per heavy atom. The summed E-state index contributed by atoms with van der Waals surface area (Å²) in [6, 6.07) is 7.30. The summed E-state index contributed by atoms with van der Waals surface area (Å²) in [5.74, 6) is -0.0974. The number of carbonyl (C=O) groups excluding carboxylic acids is 1. The molecular weight excluding hydrogens is 380 g/mol. The van der Waals surface area contributed by atoms with E-state index < -0.39 is 11.7 Å². The Bertz CT molecular complexity index is 823. The van der Waals surface area contributed by atoms with Gasteiger partial charge in [-0.1, -0.05) is 23.2 Å². The molecule has 3 rings (SSSR count). The Morgan fingerprint density at radius 2 is 1.85 bits per heavy atom. The molecule has 0 aliphatic heterocycles. The molecule has 7 heteroatoms. The number of benzene rings is 2. The molecule has 26 heavy (non-hydrogen) atoms. The number of hydrogen-bond acceptors (Lipinski definition) is 3. The highest BCUT2D eigenvalue weighted by atomic mass is 35.5. The fourth-order valence-electron chi connectivity index (χ4n) is 2.93. The van der Waals surface area contributed by atoms with Crippen LogP contribution >= 0.6 is 23.2 Å². The van der Waals surface area contributed by atoms with Gasteiger partial charge in [-0.25, -0.2) is 4.39 Å². The van der Waals surface area contributed by atoms with Crippen LogP contribution in [0.15, 0.2) is 30.3 Å². The Hall–Kier alpha value is -1.98. The number of amides is 1. The lowest BCUT2D eigenvalue weighted by atomic mass is 10.2. The number of nitrogens with one attached hydrogen (secondary N) is 1. The maximum absolute atomic E-state index is 13.6. The van der Waals surface area contributed by atoms with Gasteiger partial charge in [0.2, 0.25) is 0 Å². The molecule has 4 nitrogen and oxygen atoms in total. The zero-order chi connectivity index (χ0) is 18.7. The molecule has 0 saturated heterocycles. The molecule has 1 aliphatic carbocycles. The van der Waals surface area contributed by atoms with E-state index in [1.807, 2.05) is 0 Å². The average molecular weight is 398 g/mol. The molecule has 2 aromatic carbocycles. The molecule has 0 unspecified atom stereocenters. The molecule has 1 amide bonds. The van der Waals surface area contributed by atoms with Gasteiger partial charge in [0, 0.05) is 11.8 Å². The van der Waals surface area contributed by atoms with Crippen molar-refractivity contribution in [1.29, 1.82) is 0 Å². The van der Waals surface area contributed by atoms with Crippen molar-refractivity contribution in [3.63, 3.8) is 0 Å². The van der Waals surface area contributed by atoms with Gasteiger partial charge >= 0.3 is 0 Å². The van der Waals surface area contributed by atoms with Crippen LogP contribution in [-0.2, 0) is 0 Å². The fourth-order valence-corrected chi connectivity index (χ4v) is 3.40. The van der Waals surface area contributed by atoms with Gasteiger partial charge < -0.3 is 14.8 Å². The first-order valence-electron chi connectivity index (χ1n) is 8.28. The highest BCUT2D eigenvalue weighted by Gasteiger charge is 2.20. The molecule has 1 N–H and O–H groups in total. The second kappa shape index (κ2) is 8.14. The molecule has 0 atom stereocenters. The molecule has 2 aromatic rings. The van der Waals surface area contributed by atoms with Crippen LogP contribution in [0, 0.1) is 5.82 Å². The first-order chi connectivity index (χ1) is 12.5. The molecule has 1 fully saturated rings. The predicted octanol–water partition coefficient (Wildman–Crippen LogP) is 5.71. The maximum Gasteiger partial charge on any atom is 0.257 e. The van der Waals surface area contributed by atoms with Gasteiger partial charge in [-0.2, -0.15) is 0 Å². The van der Waals surface area contributed by atoms with Gasteiger partial charge in [0.25, 0.3) is 5.91 Å². The minimum absolute atomic E-state index is 0.00245. The molecule has 0 bridgehead atoms. The lowest BCUT2D eigenvalue weighted by Crippen LogP contribution is -2.14. The third kappa shape index (κ3) is 4.22. The Balaban J connectivity index is 1.80. The molecule has 0 spiro atoms. The first kappa shape index (κ1) is 18.8. The Morgan fingerprint density at radius 1 is 1.12 bits per heavy atom. The van der Waals surface area contributed by atoms with E-state index in [2.05, 4.69) is 5.32 Å². The van der Waals surface area contributed by atoms with E-state index in [1.165, 1.54) is 6.07 Å². The van der Waals surface area contributed by atoms with Gasteiger partial charge in [0.1, 0.15) is 5.82 Å². The minimum Gasteiger partial charge on any atom is -0.493 e. The summed E-state index contributed by atoms with van der Waals surface area (Å²) in [7, 11) is 1.56. The summed E-state index contributed by atoms with van der Waals surface area (Å²) >= 11 is 11.7. The standard InChI is InChI=1S/C19H18Cl2FNO3/c1-25-17-7-6-11(8-18(17)26-12-4-2-3-5-12)23-19(24)13-9-16(22)15(21)10-14(13)20/h6-10,12H,2-5H2,1H3,(H,23,24). The van der Waals surface area contributed by atoms with Crippen LogP contribution in [-0.4, -0.2) is 19.1 Å². The third-order valence-corrected chi connectivity index (χ3v) is 4.87. The third-order valence-electron chi connectivity index (χ3n) is 4.27. The van der Waals surface area contributed by atoms with Gasteiger partial charge in [0.05, 0.1) is 28.8 Å². The number of rotatable bonds is 5. The summed E-state index contributed by atoms with van der Waals surface area (Å²) in [5.41, 5.74) is 0.498. The molecular formula is C19H18Cl2FNO3. The van der Waals surface area contributed by atoms with Gasteiger partial charge in [-0.3, -0.25) is 4.79 Å². The lowest BCUT2D eigenvalue weighted by Gasteiger charge is -2.17. The highest BCUT2D eigenvalue weighted by molar-refractivity contribution is 6.37. The van der Waals surface area contributed by atoms with E-state index in [-0.39, 0.29) is 21.7 Å². The smallest absolute Gasteiger partial charge is 0.257 e. The minimum atomic E-state index is -0.707. The van der Waals surface area contributed by atoms with Crippen LogP contribution < -0.4 is 14.8 Å². The van der Waals surface area contributed by atoms with Crippen LogP contribution in [0.1, 0.15) is 36.0 Å². The SMILES string of the molecule is COc1ccc(NC(=O)c2cc(F)c(Cl)cc2Cl)cc1OC1CCCC1. The number of halogens is 3. The van der Waals surface area contributed by atoms with Crippen LogP contribution in [0.2, 0.25) is 10.0 Å². The van der Waals surface area contributed by atoms with Crippen LogP contribution in [0.25, 0.3) is 0 Å². The monoisotopic (exact) mass is 397 g/mol. The van der Waals surface area contributed by atoms with Gasteiger partial charge in [-0.05, 0) is 49.9 Å². The van der Waals surface area contributed by atoms with Crippen molar-refractivity contribution in [2.24, 2.45) is 0 Å². The van der Waals surface area contributed by atoms with E-state index >= 15 is 0 Å². The number of carbonyl (C=O) groups is 1. The topological polar surface area (TPSA) is 47.6 Å². The van der Waals surface area contributed by atoms with Crippen molar-refractivity contribution in [3.05, 3.63) is 51.8 Å². The maximum atomic E-state index is 13.6. The first-order valence-corrected chi connectivity index (χ1v) is 9.04. The predicted molar refractivity (Wildman–Crippen MR) is 100 cm³/mol. The van der Waals surface area contributed by atoms with Crippen molar-refractivity contribution in [2.45, 2.75) is 31.8 Å². The van der Waals surface area contributed by atoms with E-state index in [4.69, 9.17) is 32.7 Å². The van der Waals surface area contributed by atoms with Gasteiger partial charge in [0.15, 0.2) is 11.5 Å². The van der Waals surface area contributed by atoms with Crippen LogP contribution in [0.3, 0.4) is 0 Å². The zero-order valence-electron chi connectivity index (χ0n) is 14.2. The Kier molecular flexibility index (Phi) is 5.89. The molecule has 1 aliphatic rings.